The molecule has 5 N–H and O–H groups in total. The number of nitrogens with one attached hydrogen (secondary N) is 2. The maximum atomic E-state index is 11.5. The van der Waals surface area contributed by atoms with Crippen molar-refractivity contribution in [2.24, 2.45) is 5.73 Å². The van der Waals surface area contributed by atoms with Crippen molar-refractivity contribution in [2.45, 2.75) is 45.2 Å². The molecule has 7 nitrogen and oxygen atoms in total. The van der Waals surface area contributed by atoms with Crippen LogP contribution in [0.2, 0.25) is 0 Å². The van der Waals surface area contributed by atoms with Crippen LogP contribution in [0, 0.1) is 0 Å². The van der Waals surface area contributed by atoms with E-state index in [0.717, 1.165) is 0 Å². The first kappa shape index (κ1) is 15.2. The lowest BCUT2D eigenvalue weighted by Gasteiger charge is -2.23. The lowest BCUT2D eigenvalue weighted by molar-refractivity contribution is -0.139. The topological polar surface area (TPSA) is 122 Å². The molecule has 1 atom stereocenters. The average molecular weight is 245 g/mol. The summed E-state index contributed by atoms with van der Waals surface area (Å²) in [6, 6.07) is -1.70. The summed E-state index contributed by atoms with van der Waals surface area (Å²) in [5.41, 5.74) is 3.85. The number of hydrogen-bond donors (Lipinski definition) is 4. The standard InChI is InChI=1S/C10H19N3O4/c1-4-5-6(7(14)15)12-9(17)13-10(2,3)8(11)16/h6H,4-5H2,1-3H3,(H2,11,16)(H,14,15)(H2,12,13,17)/t6-/m1/s1. The molecule has 98 valence electrons. The summed E-state index contributed by atoms with van der Waals surface area (Å²) >= 11 is 0. The first-order valence-corrected chi connectivity index (χ1v) is 5.32. The summed E-state index contributed by atoms with van der Waals surface area (Å²) in [4.78, 5) is 33.2. The molecule has 17 heavy (non-hydrogen) atoms. The summed E-state index contributed by atoms with van der Waals surface area (Å²) in [6.07, 6.45) is 0.941. The van der Waals surface area contributed by atoms with E-state index in [1.54, 1.807) is 0 Å². The van der Waals surface area contributed by atoms with Gasteiger partial charge in [-0.25, -0.2) is 9.59 Å². The van der Waals surface area contributed by atoms with Gasteiger partial charge in [-0.1, -0.05) is 13.3 Å². The van der Waals surface area contributed by atoms with Crippen LogP contribution in [0.25, 0.3) is 0 Å². The van der Waals surface area contributed by atoms with E-state index >= 15 is 0 Å². The fourth-order valence-electron chi connectivity index (χ4n) is 1.09. The van der Waals surface area contributed by atoms with Crippen LogP contribution < -0.4 is 16.4 Å². The Morgan fingerprint density at radius 3 is 2.24 bits per heavy atom. The van der Waals surface area contributed by atoms with Crippen LogP contribution in [0.1, 0.15) is 33.6 Å². The van der Waals surface area contributed by atoms with Crippen LogP contribution in [-0.2, 0) is 9.59 Å². The highest BCUT2D eigenvalue weighted by Gasteiger charge is 2.28. The minimum atomic E-state index is -1.22. The Kier molecular flexibility index (Phi) is 5.43. The van der Waals surface area contributed by atoms with Gasteiger partial charge >= 0.3 is 12.0 Å². The smallest absolute Gasteiger partial charge is 0.326 e. The molecule has 7 heteroatoms. The van der Waals surface area contributed by atoms with Gasteiger partial charge in [0.1, 0.15) is 11.6 Å². The molecule has 0 aliphatic heterocycles. The second kappa shape index (κ2) is 6.07. The molecular formula is C10H19N3O4. The molecule has 0 fully saturated rings. The van der Waals surface area contributed by atoms with Crippen LogP contribution in [0.4, 0.5) is 4.79 Å². The van der Waals surface area contributed by atoms with Crippen LogP contribution in [0.5, 0.6) is 0 Å². The van der Waals surface area contributed by atoms with Crippen molar-refractivity contribution in [2.75, 3.05) is 0 Å². The Balaban J connectivity index is 4.43. The Hall–Kier alpha value is -1.79. The number of rotatable bonds is 6. The molecule has 0 spiro atoms. The fourth-order valence-corrected chi connectivity index (χ4v) is 1.09. The molecule has 0 aromatic carbocycles. The molecule has 0 aliphatic rings. The third kappa shape index (κ3) is 5.19. The maximum absolute atomic E-state index is 11.5. The zero-order valence-corrected chi connectivity index (χ0v) is 10.2. The summed E-state index contributed by atoms with van der Waals surface area (Å²) in [5.74, 6) is -1.81. The summed E-state index contributed by atoms with van der Waals surface area (Å²) in [5, 5.41) is 13.4. The van der Waals surface area contributed by atoms with Crippen LogP contribution in [-0.4, -0.2) is 34.6 Å². The number of aliphatic carboxylic acids is 1. The average Bonchev–Trinajstić information content (AvgIpc) is 2.15. The van der Waals surface area contributed by atoms with E-state index in [-0.39, 0.29) is 0 Å². The van der Waals surface area contributed by atoms with E-state index in [4.69, 9.17) is 10.8 Å². The van der Waals surface area contributed by atoms with Gasteiger partial charge in [-0.3, -0.25) is 4.79 Å². The maximum Gasteiger partial charge on any atom is 0.326 e. The Bertz CT molecular complexity index is 315. The number of carboxylic acid groups (broad SMARTS) is 1. The van der Waals surface area contributed by atoms with Gasteiger partial charge in [0.05, 0.1) is 0 Å². The first-order valence-electron chi connectivity index (χ1n) is 5.32. The summed E-state index contributed by atoms with van der Waals surface area (Å²) < 4.78 is 0. The lowest BCUT2D eigenvalue weighted by atomic mass is 10.1. The summed E-state index contributed by atoms with van der Waals surface area (Å²) in [6.45, 7) is 4.68. The number of hydrogen-bond acceptors (Lipinski definition) is 3. The molecule has 0 bridgehead atoms. The number of urea groups is 1. The molecule has 0 saturated heterocycles. The van der Waals surface area contributed by atoms with Crippen molar-refractivity contribution in [3.05, 3.63) is 0 Å². The molecule has 0 rings (SSSR count). The second-order valence-electron chi connectivity index (χ2n) is 4.27. The Morgan fingerprint density at radius 1 is 1.35 bits per heavy atom. The number of amides is 3. The quantitative estimate of drug-likeness (QED) is 0.517. The number of carboxylic acids is 1. The molecule has 3 amide bonds. The number of primary amides is 1. The molecule has 0 aromatic rings. The van der Waals surface area contributed by atoms with E-state index in [9.17, 15) is 14.4 Å². The highest BCUT2D eigenvalue weighted by atomic mass is 16.4. The zero-order valence-electron chi connectivity index (χ0n) is 10.2. The van der Waals surface area contributed by atoms with Crippen LogP contribution in [0.15, 0.2) is 0 Å². The predicted octanol–water partition coefficient (Wildman–Crippen LogP) is -0.197. The van der Waals surface area contributed by atoms with E-state index in [0.29, 0.717) is 12.8 Å². The Labute approximate surface area is 99.7 Å². The van der Waals surface area contributed by atoms with Gasteiger partial charge in [0.15, 0.2) is 0 Å². The molecule has 0 aromatic heterocycles. The number of carbonyl (C=O) groups is 3. The van der Waals surface area contributed by atoms with Crippen molar-refractivity contribution in [1.29, 1.82) is 0 Å². The van der Waals surface area contributed by atoms with E-state index < -0.39 is 29.5 Å². The molecular weight excluding hydrogens is 226 g/mol. The second-order valence-corrected chi connectivity index (χ2v) is 4.27. The predicted molar refractivity (Wildman–Crippen MR) is 61.3 cm³/mol. The molecule has 0 aliphatic carbocycles. The molecule has 0 radical (unpaired) electrons. The Morgan fingerprint density at radius 2 is 1.88 bits per heavy atom. The SMILES string of the molecule is CCC[C@@H](NC(=O)NC(C)(C)C(N)=O)C(=O)O. The van der Waals surface area contributed by atoms with E-state index in [1.165, 1.54) is 13.8 Å². The van der Waals surface area contributed by atoms with Crippen molar-refractivity contribution >= 4 is 17.9 Å². The van der Waals surface area contributed by atoms with E-state index in [2.05, 4.69) is 10.6 Å². The summed E-state index contributed by atoms with van der Waals surface area (Å²) in [7, 11) is 0. The van der Waals surface area contributed by atoms with Gasteiger partial charge in [-0.05, 0) is 20.3 Å². The normalized spacial score (nSPS) is 12.6. The van der Waals surface area contributed by atoms with Crippen LogP contribution >= 0.6 is 0 Å². The minimum absolute atomic E-state index is 0.319. The van der Waals surface area contributed by atoms with Gasteiger partial charge in [0.2, 0.25) is 5.91 Å². The van der Waals surface area contributed by atoms with Gasteiger partial charge in [-0.2, -0.15) is 0 Å². The first-order chi connectivity index (χ1) is 7.70. The molecule has 0 heterocycles. The third-order valence-corrected chi connectivity index (χ3v) is 2.22. The molecule has 0 unspecified atom stereocenters. The van der Waals surface area contributed by atoms with Gasteiger partial charge in [-0.15, -0.1) is 0 Å². The van der Waals surface area contributed by atoms with Crippen molar-refractivity contribution in [3.8, 4) is 0 Å². The monoisotopic (exact) mass is 245 g/mol. The minimum Gasteiger partial charge on any atom is -0.480 e. The largest absolute Gasteiger partial charge is 0.480 e. The van der Waals surface area contributed by atoms with Crippen molar-refractivity contribution in [3.63, 3.8) is 0 Å². The van der Waals surface area contributed by atoms with Gasteiger partial charge in [0, 0.05) is 0 Å². The highest BCUT2D eigenvalue weighted by Crippen LogP contribution is 2.01. The van der Waals surface area contributed by atoms with Crippen LogP contribution in [0.3, 0.4) is 0 Å². The molecule has 0 saturated carbocycles. The van der Waals surface area contributed by atoms with E-state index in [1.807, 2.05) is 6.92 Å². The third-order valence-electron chi connectivity index (χ3n) is 2.22. The number of nitrogens with two attached hydrogens (primary N) is 1. The van der Waals surface area contributed by atoms with Crippen molar-refractivity contribution in [1.82, 2.24) is 10.6 Å². The van der Waals surface area contributed by atoms with Gasteiger partial charge < -0.3 is 21.5 Å². The fraction of sp³-hybridized carbons (Fsp3) is 0.700. The zero-order chi connectivity index (χ0) is 13.6. The van der Waals surface area contributed by atoms with Gasteiger partial charge in [0.25, 0.3) is 0 Å². The lowest BCUT2D eigenvalue weighted by Crippen LogP contribution is -2.57. The highest BCUT2D eigenvalue weighted by molar-refractivity contribution is 5.90. The van der Waals surface area contributed by atoms with Crippen molar-refractivity contribution < 1.29 is 19.5 Å². The number of carbonyl (C=O) groups excluding carboxylic acids is 2.